The van der Waals surface area contributed by atoms with Crippen molar-refractivity contribution in [3.8, 4) is 0 Å². The smallest absolute Gasteiger partial charge is 0.335 e. The summed E-state index contributed by atoms with van der Waals surface area (Å²) in [5.74, 6) is -1.24. The van der Waals surface area contributed by atoms with Gasteiger partial charge in [-0.05, 0) is 38.1 Å². The van der Waals surface area contributed by atoms with E-state index in [2.05, 4.69) is 10.0 Å². The molecule has 0 aliphatic heterocycles. The van der Waals surface area contributed by atoms with E-state index in [1.807, 2.05) is 0 Å². The van der Waals surface area contributed by atoms with Gasteiger partial charge in [-0.25, -0.2) is 17.9 Å². The molecule has 0 saturated carbocycles. The van der Waals surface area contributed by atoms with Crippen LogP contribution in [-0.4, -0.2) is 39.0 Å². The largest absolute Gasteiger partial charge is 0.478 e. The molecule has 0 aliphatic rings. The zero-order valence-corrected chi connectivity index (χ0v) is 14.5. The molecule has 0 saturated heterocycles. The normalized spacial score (nSPS) is 11.3. The van der Waals surface area contributed by atoms with Gasteiger partial charge in [-0.3, -0.25) is 4.79 Å². The van der Waals surface area contributed by atoms with Crippen molar-refractivity contribution in [2.75, 3.05) is 13.6 Å². The molecule has 0 bridgehead atoms. The molecule has 2 rings (SSSR count). The Balaban J connectivity index is 1.98. The molecule has 0 spiro atoms. The van der Waals surface area contributed by atoms with Crippen molar-refractivity contribution in [2.24, 2.45) is 0 Å². The summed E-state index contributed by atoms with van der Waals surface area (Å²) in [4.78, 5) is 22.9. The lowest BCUT2D eigenvalue weighted by molar-refractivity contribution is 0.0696. The fourth-order valence-electron chi connectivity index (χ4n) is 2.14. The highest BCUT2D eigenvalue weighted by atomic mass is 32.2. The van der Waals surface area contributed by atoms with Crippen LogP contribution in [0.15, 0.2) is 39.8 Å². The topological polar surface area (TPSA) is 126 Å². The molecule has 1 heterocycles. The van der Waals surface area contributed by atoms with E-state index in [9.17, 15) is 18.0 Å². The first-order chi connectivity index (χ1) is 11.7. The van der Waals surface area contributed by atoms with Gasteiger partial charge in [-0.1, -0.05) is 12.1 Å². The van der Waals surface area contributed by atoms with Gasteiger partial charge in [0.25, 0.3) is 15.9 Å². The highest BCUT2D eigenvalue weighted by Gasteiger charge is 2.22. The van der Waals surface area contributed by atoms with Crippen molar-refractivity contribution >= 4 is 21.9 Å². The Bertz CT molecular complexity index is 884. The third-order valence-corrected chi connectivity index (χ3v) is 4.84. The molecule has 25 heavy (non-hydrogen) atoms. The van der Waals surface area contributed by atoms with Gasteiger partial charge in [0.05, 0.1) is 11.1 Å². The molecule has 8 nitrogen and oxygen atoms in total. The van der Waals surface area contributed by atoms with Crippen LogP contribution in [-0.2, 0) is 16.4 Å². The van der Waals surface area contributed by atoms with Gasteiger partial charge < -0.3 is 14.8 Å². The number of aryl methyl sites for hydroxylation is 1. The highest BCUT2D eigenvalue weighted by molar-refractivity contribution is 7.89. The predicted octanol–water partition coefficient (Wildman–Crippen LogP) is 1.17. The first kappa shape index (κ1) is 18.7. The predicted molar refractivity (Wildman–Crippen MR) is 89.1 cm³/mol. The fraction of sp³-hybridized carbons (Fsp3) is 0.250. The van der Waals surface area contributed by atoms with Crippen LogP contribution in [0.3, 0.4) is 0 Å². The summed E-state index contributed by atoms with van der Waals surface area (Å²) in [6, 6.07) is 7.52. The highest BCUT2D eigenvalue weighted by Crippen LogP contribution is 2.18. The number of carbonyl (C=O) groups excluding carboxylic acids is 1. The Morgan fingerprint density at radius 1 is 1.20 bits per heavy atom. The van der Waals surface area contributed by atoms with Crippen LogP contribution in [0.4, 0.5) is 0 Å². The van der Waals surface area contributed by atoms with Crippen LogP contribution in [0.1, 0.15) is 32.0 Å². The quantitative estimate of drug-likeness (QED) is 0.675. The molecule has 9 heteroatoms. The van der Waals surface area contributed by atoms with Crippen LogP contribution < -0.4 is 10.0 Å². The number of aromatic carboxylic acids is 1. The van der Waals surface area contributed by atoms with E-state index in [1.54, 1.807) is 12.1 Å². The van der Waals surface area contributed by atoms with E-state index in [0.29, 0.717) is 13.0 Å². The van der Waals surface area contributed by atoms with Crippen LogP contribution in [0.2, 0.25) is 0 Å². The maximum Gasteiger partial charge on any atom is 0.335 e. The summed E-state index contributed by atoms with van der Waals surface area (Å²) in [5, 5.41) is 11.2. The summed E-state index contributed by atoms with van der Waals surface area (Å²) < 4.78 is 30.6. The van der Waals surface area contributed by atoms with Crippen LogP contribution in [0, 0.1) is 6.92 Å². The molecule has 2 aromatic rings. The van der Waals surface area contributed by atoms with Gasteiger partial charge in [0.1, 0.15) is 5.76 Å². The number of carboxylic acids is 1. The summed E-state index contributed by atoms with van der Waals surface area (Å²) in [6.07, 6.45) is 0.504. The fourth-order valence-corrected chi connectivity index (χ4v) is 2.85. The standard InChI is InChI=1S/C16H18N2O6S/c1-10-13(9-14(24-10)25(22,23)17-2)15(19)18-8-7-11-3-5-12(6-4-11)16(20)21/h3-6,9,17H,7-8H2,1-2H3,(H,18,19)(H,20,21). The first-order valence-electron chi connectivity index (χ1n) is 7.39. The summed E-state index contributed by atoms with van der Waals surface area (Å²) >= 11 is 0. The maximum absolute atomic E-state index is 12.2. The molecular formula is C16H18N2O6S. The van der Waals surface area contributed by atoms with Gasteiger partial charge in [0, 0.05) is 12.6 Å². The lowest BCUT2D eigenvalue weighted by Gasteiger charge is -2.05. The minimum Gasteiger partial charge on any atom is -0.478 e. The van der Waals surface area contributed by atoms with Crippen molar-refractivity contribution in [1.29, 1.82) is 0 Å². The third kappa shape index (κ3) is 4.46. The molecule has 134 valence electrons. The van der Waals surface area contributed by atoms with Crippen LogP contribution in [0.25, 0.3) is 0 Å². The third-order valence-electron chi connectivity index (χ3n) is 3.57. The number of carbonyl (C=O) groups is 2. The zero-order chi connectivity index (χ0) is 18.6. The molecule has 1 aromatic carbocycles. The molecule has 0 fully saturated rings. The number of amides is 1. The average molecular weight is 366 g/mol. The maximum atomic E-state index is 12.2. The van der Waals surface area contributed by atoms with Crippen LogP contribution >= 0.6 is 0 Å². The molecular weight excluding hydrogens is 348 g/mol. The van der Waals surface area contributed by atoms with Gasteiger partial charge in [0.15, 0.2) is 0 Å². The minimum absolute atomic E-state index is 0.148. The first-order valence-corrected chi connectivity index (χ1v) is 8.87. The van der Waals surface area contributed by atoms with E-state index in [1.165, 1.54) is 32.2 Å². The monoisotopic (exact) mass is 366 g/mol. The summed E-state index contributed by atoms with van der Waals surface area (Å²) in [6.45, 7) is 1.82. The van der Waals surface area contributed by atoms with Gasteiger partial charge in [-0.15, -0.1) is 0 Å². The summed E-state index contributed by atoms with van der Waals surface area (Å²) in [7, 11) is -2.50. The second-order valence-corrected chi connectivity index (χ2v) is 7.07. The lowest BCUT2D eigenvalue weighted by Crippen LogP contribution is -2.26. The summed E-state index contributed by atoms with van der Waals surface area (Å²) in [5.41, 5.74) is 1.21. The number of sulfonamides is 1. The second kappa shape index (κ2) is 7.49. The molecule has 0 aliphatic carbocycles. The molecule has 1 aromatic heterocycles. The Labute approximate surface area is 144 Å². The molecule has 0 radical (unpaired) electrons. The SMILES string of the molecule is CNS(=O)(=O)c1cc(C(=O)NCCc2ccc(C(=O)O)cc2)c(C)o1. The van der Waals surface area contributed by atoms with Crippen molar-refractivity contribution in [2.45, 2.75) is 18.4 Å². The molecule has 0 atom stereocenters. The Hall–Kier alpha value is -2.65. The van der Waals surface area contributed by atoms with E-state index in [-0.39, 0.29) is 22.0 Å². The van der Waals surface area contributed by atoms with E-state index in [0.717, 1.165) is 5.56 Å². The minimum atomic E-state index is -3.75. The second-order valence-electron chi connectivity index (χ2n) is 5.25. The molecule has 3 N–H and O–H groups in total. The van der Waals surface area contributed by atoms with E-state index in [4.69, 9.17) is 9.52 Å². The van der Waals surface area contributed by atoms with Crippen molar-refractivity contribution in [3.63, 3.8) is 0 Å². The average Bonchev–Trinajstić information content (AvgIpc) is 2.98. The number of rotatable bonds is 7. The lowest BCUT2D eigenvalue weighted by atomic mass is 10.1. The Morgan fingerprint density at radius 3 is 2.40 bits per heavy atom. The number of hydrogen-bond acceptors (Lipinski definition) is 5. The van der Waals surface area contributed by atoms with Crippen molar-refractivity contribution in [3.05, 3.63) is 52.8 Å². The number of nitrogens with one attached hydrogen (secondary N) is 2. The number of furan rings is 1. The van der Waals surface area contributed by atoms with Gasteiger partial charge >= 0.3 is 5.97 Å². The Morgan fingerprint density at radius 2 is 1.84 bits per heavy atom. The van der Waals surface area contributed by atoms with Gasteiger partial charge in [0.2, 0.25) is 5.09 Å². The number of hydrogen-bond donors (Lipinski definition) is 3. The van der Waals surface area contributed by atoms with Gasteiger partial charge in [-0.2, -0.15) is 0 Å². The van der Waals surface area contributed by atoms with E-state index >= 15 is 0 Å². The number of carboxylic acid groups (broad SMARTS) is 1. The molecule has 0 unspecified atom stereocenters. The van der Waals surface area contributed by atoms with Crippen molar-refractivity contribution in [1.82, 2.24) is 10.0 Å². The van der Waals surface area contributed by atoms with Crippen molar-refractivity contribution < 1.29 is 27.5 Å². The van der Waals surface area contributed by atoms with Crippen LogP contribution in [0.5, 0.6) is 0 Å². The Kier molecular flexibility index (Phi) is 5.60. The zero-order valence-electron chi connectivity index (χ0n) is 13.7. The molecule has 1 amide bonds. The van der Waals surface area contributed by atoms with E-state index < -0.39 is 21.9 Å². The number of benzene rings is 1.